The predicted molar refractivity (Wildman–Crippen MR) is 97.5 cm³/mol. The standard InChI is InChI=1S/C19H15F4N5O2/c20-14-7-12(18-26-15(10-29)27-30-18)8-25-17(14)11-3-5-28(6-4-11)16-2-1-13(9-24-16)19(21,22)23/h1-3,7-9,29H,4-6,10H2. The number of aliphatic hydroxyl groups excluding tert-OH is 1. The molecule has 11 heteroatoms. The lowest BCUT2D eigenvalue weighted by atomic mass is 10.0. The third-order valence-corrected chi connectivity index (χ3v) is 4.61. The van der Waals surface area contributed by atoms with Crippen LogP contribution in [0.1, 0.15) is 23.5 Å². The molecule has 30 heavy (non-hydrogen) atoms. The summed E-state index contributed by atoms with van der Waals surface area (Å²) in [5.41, 5.74) is 0.345. The minimum atomic E-state index is -4.43. The van der Waals surface area contributed by atoms with Crippen molar-refractivity contribution in [1.29, 1.82) is 0 Å². The van der Waals surface area contributed by atoms with Gasteiger partial charge in [-0.15, -0.1) is 0 Å². The molecule has 1 N–H and O–H groups in total. The van der Waals surface area contributed by atoms with Crippen LogP contribution in [0.15, 0.2) is 41.2 Å². The van der Waals surface area contributed by atoms with Crippen LogP contribution in [0.4, 0.5) is 23.4 Å². The van der Waals surface area contributed by atoms with Crippen LogP contribution in [0.5, 0.6) is 0 Å². The number of aromatic nitrogens is 4. The van der Waals surface area contributed by atoms with E-state index < -0.39 is 24.2 Å². The molecule has 4 rings (SSSR count). The molecule has 0 fully saturated rings. The Kier molecular flexibility index (Phi) is 5.20. The van der Waals surface area contributed by atoms with Crippen molar-refractivity contribution in [3.8, 4) is 11.5 Å². The number of anilines is 1. The summed E-state index contributed by atoms with van der Waals surface area (Å²) in [6, 6.07) is 3.53. The van der Waals surface area contributed by atoms with Gasteiger partial charge in [0, 0.05) is 25.5 Å². The molecule has 3 aromatic heterocycles. The second kappa shape index (κ2) is 7.82. The molecule has 3 aromatic rings. The monoisotopic (exact) mass is 421 g/mol. The Hall–Kier alpha value is -3.34. The topological polar surface area (TPSA) is 88.2 Å². The lowest BCUT2D eigenvalue weighted by Crippen LogP contribution is -2.29. The zero-order valence-electron chi connectivity index (χ0n) is 15.4. The average molecular weight is 421 g/mol. The fraction of sp³-hybridized carbons (Fsp3) is 0.263. The third kappa shape index (κ3) is 4.01. The van der Waals surface area contributed by atoms with Gasteiger partial charge in [-0.3, -0.25) is 4.98 Å². The highest BCUT2D eigenvalue weighted by Gasteiger charge is 2.31. The number of hydrogen-bond donors (Lipinski definition) is 1. The molecule has 0 saturated carbocycles. The smallest absolute Gasteiger partial charge is 0.388 e. The third-order valence-electron chi connectivity index (χ3n) is 4.61. The zero-order valence-corrected chi connectivity index (χ0v) is 15.4. The molecule has 0 atom stereocenters. The van der Waals surface area contributed by atoms with E-state index in [1.807, 2.05) is 0 Å². The molecule has 1 aliphatic heterocycles. The largest absolute Gasteiger partial charge is 0.417 e. The van der Waals surface area contributed by atoms with E-state index in [0.29, 0.717) is 30.9 Å². The summed E-state index contributed by atoms with van der Waals surface area (Å²) in [6.07, 6.45) is -0.0195. The normalized spacial score (nSPS) is 14.7. The highest BCUT2D eigenvalue weighted by atomic mass is 19.4. The van der Waals surface area contributed by atoms with E-state index in [1.165, 1.54) is 18.3 Å². The molecule has 0 spiro atoms. The molecule has 1 aliphatic rings. The summed E-state index contributed by atoms with van der Waals surface area (Å²) in [5, 5.41) is 12.5. The number of alkyl halides is 3. The van der Waals surface area contributed by atoms with E-state index in [9.17, 15) is 17.6 Å². The van der Waals surface area contributed by atoms with Crippen LogP contribution in [0, 0.1) is 5.82 Å². The number of hydrogen-bond acceptors (Lipinski definition) is 7. The van der Waals surface area contributed by atoms with Crippen molar-refractivity contribution in [2.75, 3.05) is 18.0 Å². The van der Waals surface area contributed by atoms with Crippen molar-refractivity contribution >= 4 is 11.4 Å². The maximum absolute atomic E-state index is 14.6. The van der Waals surface area contributed by atoms with Crippen LogP contribution in [0.25, 0.3) is 17.0 Å². The Morgan fingerprint density at radius 1 is 1.17 bits per heavy atom. The molecular weight excluding hydrogens is 406 g/mol. The van der Waals surface area contributed by atoms with Crippen molar-refractivity contribution in [2.24, 2.45) is 0 Å². The van der Waals surface area contributed by atoms with E-state index in [2.05, 4.69) is 20.1 Å². The Labute approximate surface area is 167 Å². The number of pyridine rings is 2. The summed E-state index contributed by atoms with van der Waals surface area (Å²) < 4.78 is 57.6. The minimum Gasteiger partial charge on any atom is -0.388 e. The van der Waals surface area contributed by atoms with Crippen molar-refractivity contribution in [1.82, 2.24) is 20.1 Å². The molecule has 0 aromatic carbocycles. The summed E-state index contributed by atoms with van der Waals surface area (Å²) >= 11 is 0. The fourth-order valence-corrected chi connectivity index (χ4v) is 3.06. The molecule has 0 saturated heterocycles. The predicted octanol–water partition coefficient (Wildman–Crippen LogP) is 3.47. The molecular formula is C19H15F4N5O2. The van der Waals surface area contributed by atoms with Gasteiger partial charge in [0.15, 0.2) is 5.82 Å². The van der Waals surface area contributed by atoms with E-state index in [0.717, 1.165) is 12.3 Å². The van der Waals surface area contributed by atoms with Crippen molar-refractivity contribution in [2.45, 2.75) is 19.2 Å². The molecule has 156 valence electrons. The number of halogens is 4. The first-order valence-corrected chi connectivity index (χ1v) is 8.92. The van der Waals surface area contributed by atoms with E-state index >= 15 is 0 Å². The second-order valence-corrected chi connectivity index (χ2v) is 6.56. The lowest BCUT2D eigenvalue weighted by Gasteiger charge is -2.27. The Morgan fingerprint density at radius 3 is 2.57 bits per heavy atom. The van der Waals surface area contributed by atoms with Gasteiger partial charge in [-0.1, -0.05) is 11.2 Å². The van der Waals surface area contributed by atoms with Crippen molar-refractivity contribution < 1.29 is 27.2 Å². The molecule has 0 radical (unpaired) electrons. The first kappa shape index (κ1) is 20.0. The zero-order chi connectivity index (χ0) is 21.3. The highest BCUT2D eigenvalue weighted by molar-refractivity contribution is 5.68. The summed E-state index contributed by atoms with van der Waals surface area (Å²) in [6.45, 7) is 0.422. The van der Waals surface area contributed by atoms with Crippen molar-refractivity contribution in [3.05, 3.63) is 59.6 Å². The number of rotatable bonds is 4. The van der Waals surface area contributed by atoms with Crippen molar-refractivity contribution in [3.63, 3.8) is 0 Å². The molecule has 0 bridgehead atoms. The number of aliphatic hydroxyl groups is 1. The first-order valence-electron chi connectivity index (χ1n) is 8.92. The van der Waals surface area contributed by atoms with Gasteiger partial charge in [0.2, 0.25) is 0 Å². The minimum absolute atomic E-state index is 0.0502. The molecule has 0 amide bonds. The van der Waals surface area contributed by atoms with Gasteiger partial charge >= 0.3 is 6.18 Å². The maximum atomic E-state index is 14.6. The molecule has 0 unspecified atom stereocenters. The number of nitrogens with zero attached hydrogens (tertiary/aromatic N) is 5. The van der Waals surface area contributed by atoms with E-state index in [-0.39, 0.29) is 23.0 Å². The van der Waals surface area contributed by atoms with E-state index in [1.54, 1.807) is 11.0 Å². The quantitative estimate of drug-likeness (QED) is 0.646. The Bertz CT molecular complexity index is 1080. The first-order chi connectivity index (χ1) is 14.3. The van der Waals surface area contributed by atoms with Gasteiger partial charge in [0.25, 0.3) is 5.89 Å². The molecule has 4 heterocycles. The summed E-state index contributed by atoms with van der Waals surface area (Å²) in [7, 11) is 0. The van der Waals surface area contributed by atoms with Crippen LogP contribution >= 0.6 is 0 Å². The Balaban J connectivity index is 1.49. The van der Waals surface area contributed by atoms with Gasteiger partial charge in [-0.2, -0.15) is 18.2 Å². The maximum Gasteiger partial charge on any atom is 0.417 e. The SMILES string of the molecule is OCc1noc(-c2cnc(C3=CCN(c4ccc(C(F)(F)F)cn4)CC3)c(F)c2)n1. The van der Waals surface area contributed by atoms with Crippen LogP contribution in [-0.2, 0) is 12.8 Å². The van der Waals surface area contributed by atoms with Crippen LogP contribution in [0.3, 0.4) is 0 Å². The Morgan fingerprint density at radius 2 is 2.00 bits per heavy atom. The molecule has 0 aliphatic carbocycles. The highest BCUT2D eigenvalue weighted by Crippen LogP contribution is 2.31. The van der Waals surface area contributed by atoms with Gasteiger partial charge in [-0.05, 0) is 30.2 Å². The van der Waals surface area contributed by atoms with Gasteiger partial charge in [0.05, 0.1) is 11.1 Å². The fourth-order valence-electron chi connectivity index (χ4n) is 3.06. The lowest BCUT2D eigenvalue weighted by molar-refractivity contribution is -0.137. The molecule has 7 nitrogen and oxygen atoms in total. The van der Waals surface area contributed by atoms with Gasteiger partial charge in [-0.25, -0.2) is 9.37 Å². The van der Waals surface area contributed by atoms with Gasteiger partial charge in [0.1, 0.15) is 23.9 Å². The van der Waals surface area contributed by atoms with Crippen LogP contribution in [0.2, 0.25) is 0 Å². The van der Waals surface area contributed by atoms with E-state index in [4.69, 9.17) is 9.63 Å². The summed E-state index contributed by atoms with van der Waals surface area (Å²) in [5.74, 6) is -0.0163. The average Bonchev–Trinajstić information content (AvgIpc) is 3.23. The summed E-state index contributed by atoms with van der Waals surface area (Å²) in [4.78, 5) is 13.8. The second-order valence-electron chi connectivity index (χ2n) is 6.56. The van der Waals surface area contributed by atoms with Gasteiger partial charge < -0.3 is 14.5 Å². The van der Waals surface area contributed by atoms with Crippen LogP contribution < -0.4 is 4.90 Å². The van der Waals surface area contributed by atoms with Crippen LogP contribution in [-0.4, -0.2) is 38.3 Å².